The Balaban J connectivity index is 1.45. The van der Waals surface area contributed by atoms with Crippen molar-refractivity contribution in [3.8, 4) is 0 Å². The fraction of sp³-hybridized carbons (Fsp3) is 0.476. The molecule has 7 nitrogen and oxygen atoms in total. The van der Waals surface area contributed by atoms with Crippen LogP contribution in [0.4, 0.5) is 0 Å². The van der Waals surface area contributed by atoms with E-state index in [4.69, 9.17) is 0 Å². The number of aromatic nitrogens is 2. The van der Waals surface area contributed by atoms with E-state index < -0.39 is 6.04 Å². The average Bonchev–Trinajstić information content (AvgIpc) is 3.05. The largest absolute Gasteiger partial charge is 0.353 e. The Morgan fingerprint density at radius 2 is 2.04 bits per heavy atom. The highest BCUT2D eigenvalue weighted by Crippen LogP contribution is 2.19. The zero-order chi connectivity index (χ0) is 19.7. The molecule has 0 spiro atoms. The molecule has 2 aliphatic heterocycles. The van der Waals surface area contributed by atoms with Crippen LogP contribution >= 0.6 is 0 Å². The first-order valence-electron chi connectivity index (χ1n) is 9.88. The highest BCUT2D eigenvalue weighted by Gasteiger charge is 2.34. The number of amides is 2. The van der Waals surface area contributed by atoms with Gasteiger partial charge in [0.1, 0.15) is 0 Å². The van der Waals surface area contributed by atoms with Gasteiger partial charge in [0.05, 0.1) is 36.9 Å². The third-order valence-electron chi connectivity index (χ3n) is 5.72. The highest BCUT2D eigenvalue weighted by atomic mass is 16.2. The van der Waals surface area contributed by atoms with Crippen LogP contribution in [0, 0.1) is 13.8 Å². The molecule has 0 radical (unpaired) electrons. The standard InChI is InChI=1S/C21H27N5O2/c1-15-5-3-4-6-17(15)13-24-8-7-22-21(28)19(24)12-20(27)25-9-10-26-18(14-25)11-16(2)23-26/h3-6,11,19H,7-10,12-14H2,1-2H3,(H,22,28). The molecule has 148 valence electrons. The van der Waals surface area contributed by atoms with Gasteiger partial charge in [-0.15, -0.1) is 0 Å². The smallest absolute Gasteiger partial charge is 0.237 e. The van der Waals surface area contributed by atoms with E-state index in [0.717, 1.165) is 17.9 Å². The van der Waals surface area contributed by atoms with Gasteiger partial charge in [0.25, 0.3) is 0 Å². The number of hydrogen-bond donors (Lipinski definition) is 1. The molecule has 1 aromatic heterocycles. The van der Waals surface area contributed by atoms with Crippen molar-refractivity contribution in [1.82, 2.24) is 24.9 Å². The molecule has 1 aromatic carbocycles. The van der Waals surface area contributed by atoms with Gasteiger partial charge < -0.3 is 10.2 Å². The summed E-state index contributed by atoms with van der Waals surface area (Å²) in [4.78, 5) is 29.5. The molecule has 1 atom stereocenters. The first kappa shape index (κ1) is 18.7. The maximum atomic E-state index is 13.0. The number of hydrogen-bond acceptors (Lipinski definition) is 4. The minimum atomic E-state index is -0.422. The van der Waals surface area contributed by atoms with Crippen molar-refractivity contribution in [2.24, 2.45) is 0 Å². The molecule has 4 rings (SSSR count). The van der Waals surface area contributed by atoms with E-state index in [1.807, 2.05) is 34.7 Å². The number of fused-ring (bicyclic) bond motifs is 1. The van der Waals surface area contributed by atoms with Crippen LogP contribution in [-0.4, -0.2) is 57.1 Å². The van der Waals surface area contributed by atoms with Crippen LogP contribution in [0.3, 0.4) is 0 Å². The minimum absolute atomic E-state index is 0.0296. The topological polar surface area (TPSA) is 70.5 Å². The summed E-state index contributed by atoms with van der Waals surface area (Å²) in [6.07, 6.45) is 0.213. The second kappa shape index (κ2) is 7.75. The first-order valence-corrected chi connectivity index (χ1v) is 9.88. The van der Waals surface area contributed by atoms with Crippen molar-refractivity contribution >= 4 is 11.8 Å². The molecule has 2 amide bonds. The van der Waals surface area contributed by atoms with Gasteiger partial charge in [-0.2, -0.15) is 5.10 Å². The quantitative estimate of drug-likeness (QED) is 0.865. The van der Waals surface area contributed by atoms with Gasteiger partial charge in [0.2, 0.25) is 11.8 Å². The van der Waals surface area contributed by atoms with Crippen molar-refractivity contribution in [3.05, 3.63) is 52.8 Å². The summed E-state index contributed by atoms with van der Waals surface area (Å²) in [6.45, 7) is 8.01. The Kier molecular flexibility index (Phi) is 5.17. The van der Waals surface area contributed by atoms with Crippen LogP contribution in [-0.2, 0) is 29.2 Å². The van der Waals surface area contributed by atoms with E-state index in [-0.39, 0.29) is 18.2 Å². The van der Waals surface area contributed by atoms with Gasteiger partial charge in [-0.3, -0.25) is 19.2 Å². The predicted molar refractivity (Wildman–Crippen MR) is 105 cm³/mol. The van der Waals surface area contributed by atoms with Crippen LogP contribution in [0.15, 0.2) is 30.3 Å². The number of nitrogens with one attached hydrogen (secondary N) is 1. The molecule has 0 bridgehead atoms. The highest BCUT2D eigenvalue weighted by molar-refractivity contribution is 5.88. The fourth-order valence-electron chi connectivity index (χ4n) is 4.10. The molecule has 2 aromatic rings. The molecular formula is C21H27N5O2. The second-order valence-electron chi connectivity index (χ2n) is 7.72. The fourth-order valence-corrected chi connectivity index (χ4v) is 4.10. The molecule has 0 saturated carbocycles. The van der Waals surface area contributed by atoms with Crippen molar-refractivity contribution in [1.29, 1.82) is 0 Å². The van der Waals surface area contributed by atoms with Gasteiger partial charge in [-0.25, -0.2) is 0 Å². The van der Waals surface area contributed by atoms with Crippen molar-refractivity contribution in [2.75, 3.05) is 19.6 Å². The van der Waals surface area contributed by atoms with E-state index in [2.05, 4.69) is 34.4 Å². The third kappa shape index (κ3) is 3.80. The summed E-state index contributed by atoms with van der Waals surface area (Å²) >= 11 is 0. The summed E-state index contributed by atoms with van der Waals surface area (Å²) < 4.78 is 1.97. The maximum Gasteiger partial charge on any atom is 0.237 e. The number of aryl methyl sites for hydroxylation is 2. The monoisotopic (exact) mass is 381 g/mol. The zero-order valence-corrected chi connectivity index (χ0v) is 16.5. The molecule has 7 heteroatoms. The molecule has 1 unspecified atom stereocenters. The van der Waals surface area contributed by atoms with E-state index in [1.165, 1.54) is 11.1 Å². The molecule has 1 saturated heterocycles. The number of carbonyl (C=O) groups excluding carboxylic acids is 2. The number of benzene rings is 1. The summed E-state index contributed by atoms with van der Waals surface area (Å²) in [5, 5.41) is 7.37. The Labute approximate surface area is 165 Å². The van der Waals surface area contributed by atoms with Gasteiger partial charge in [0, 0.05) is 26.2 Å². The SMILES string of the molecule is Cc1cc2n(n1)CCN(C(=O)CC1C(=O)NCCN1Cc1ccccc1C)C2. The average molecular weight is 381 g/mol. The van der Waals surface area contributed by atoms with E-state index in [9.17, 15) is 9.59 Å². The lowest BCUT2D eigenvalue weighted by Crippen LogP contribution is -2.56. The van der Waals surface area contributed by atoms with Crippen molar-refractivity contribution < 1.29 is 9.59 Å². The predicted octanol–water partition coefficient (Wildman–Crippen LogP) is 1.23. The van der Waals surface area contributed by atoms with Crippen molar-refractivity contribution in [3.63, 3.8) is 0 Å². The second-order valence-corrected chi connectivity index (χ2v) is 7.72. The van der Waals surface area contributed by atoms with E-state index in [0.29, 0.717) is 32.7 Å². The molecule has 3 heterocycles. The summed E-state index contributed by atoms with van der Waals surface area (Å²) in [5.41, 5.74) is 4.44. The number of piperazine rings is 1. The molecule has 0 aliphatic carbocycles. The molecule has 28 heavy (non-hydrogen) atoms. The Hall–Kier alpha value is -2.67. The van der Waals surface area contributed by atoms with Crippen molar-refractivity contribution in [2.45, 2.75) is 45.9 Å². The van der Waals surface area contributed by atoms with Gasteiger partial charge in [-0.1, -0.05) is 24.3 Å². The minimum Gasteiger partial charge on any atom is -0.353 e. The zero-order valence-electron chi connectivity index (χ0n) is 16.5. The number of rotatable bonds is 4. The number of nitrogens with zero attached hydrogens (tertiary/aromatic N) is 4. The summed E-state index contributed by atoms with van der Waals surface area (Å²) in [7, 11) is 0. The van der Waals surface area contributed by atoms with E-state index >= 15 is 0 Å². The van der Waals surface area contributed by atoms with Crippen LogP contribution in [0.1, 0.15) is 28.9 Å². The molecule has 1 fully saturated rings. The third-order valence-corrected chi connectivity index (χ3v) is 5.72. The van der Waals surface area contributed by atoms with Gasteiger partial charge in [-0.05, 0) is 31.0 Å². The van der Waals surface area contributed by atoms with Crippen LogP contribution in [0.2, 0.25) is 0 Å². The molecule has 1 N–H and O–H groups in total. The van der Waals surface area contributed by atoms with Crippen LogP contribution in [0.5, 0.6) is 0 Å². The molecular weight excluding hydrogens is 354 g/mol. The summed E-state index contributed by atoms with van der Waals surface area (Å²) in [5.74, 6) is -0.0204. The van der Waals surface area contributed by atoms with Gasteiger partial charge >= 0.3 is 0 Å². The number of carbonyl (C=O) groups is 2. The normalized spacial score (nSPS) is 20.0. The lowest BCUT2D eigenvalue weighted by molar-refractivity contribution is -0.140. The Bertz CT molecular complexity index is 891. The molecule has 2 aliphatic rings. The Morgan fingerprint density at radius 1 is 1.21 bits per heavy atom. The lowest BCUT2D eigenvalue weighted by Gasteiger charge is -2.36. The summed E-state index contributed by atoms with van der Waals surface area (Å²) in [6, 6.07) is 9.82. The van der Waals surface area contributed by atoms with E-state index in [1.54, 1.807) is 0 Å². The van der Waals surface area contributed by atoms with Crippen LogP contribution < -0.4 is 5.32 Å². The Morgan fingerprint density at radius 3 is 2.86 bits per heavy atom. The lowest BCUT2D eigenvalue weighted by atomic mass is 10.0. The van der Waals surface area contributed by atoms with Crippen LogP contribution in [0.25, 0.3) is 0 Å². The van der Waals surface area contributed by atoms with Gasteiger partial charge in [0.15, 0.2) is 0 Å². The first-order chi connectivity index (χ1) is 13.5. The maximum absolute atomic E-state index is 13.0.